The van der Waals surface area contributed by atoms with Crippen LogP contribution in [0.25, 0.3) is 0 Å². The van der Waals surface area contributed by atoms with Crippen molar-refractivity contribution in [3.05, 3.63) is 64.7 Å². The highest BCUT2D eigenvalue weighted by atomic mass is 16.5. The van der Waals surface area contributed by atoms with Crippen LogP contribution < -0.4 is 4.74 Å². The molecule has 1 N–H and O–H groups in total. The van der Waals surface area contributed by atoms with E-state index in [0.717, 1.165) is 28.9 Å². The Hall–Kier alpha value is -1.80. The van der Waals surface area contributed by atoms with Crippen molar-refractivity contribution in [1.29, 1.82) is 0 Å². The molecule has 0 aliphatic heterocycles. The van der Waals surface area contributed by atoms with Crippen LogP contribution in [-0.2, 0) is 6.42 Å². The van der Waals surface area contributed by atoms with Crippen molar-refractivity contribution >= 4 is 0 Å². The monoisotopic (exact) mass is 256 g/mol. The van der Waals surface area contributed by atoms with E-state index < -0.39 is 6.10 Å². The molecule has 0 radical (unpaired) electrons. The van der Waals surface area contributed by atoms with Gasteiger partial charge in [-0.25, -0.2) is 0 Å². The predicted molar refractivity (Wildman–Crippen MR) is 77.6 cm³/mol. The van der Waals surface area contributed by atoms with E-state index in [2.05, 4.69) is 13.0 Å². The van der Waals surface area contributed by atoms with Crippen LogP contribution in [0.3, 0.4) is 0 Å². The molecule has 2 aromatic rings. The summed E-state index contributed by atoms with van der Waals surface area (Å²) in [4.78, 5) is 0. The van der Waals surface area contributed by atoms with Crippen LogP contribution in [0.1, 0.15) is 35.3 Å². The first-order valence-corrected chi connectivity index (χ1v) is 6.57. The summed E-state index contributed by atoms with van der Waals surface area (Å²) in [5.74, 6) is 0.722. The van der Waals surface area contributed by atoms with E-state index in [1.54, 1.807) is 7.11 Å². The summed E-state index contributed by atoms with van der Waals surface area (Å²) in [6, 6.07) is 13.9. The lowest BCUT2D eigenvalue weighted by Crippen LogP contribution is -2.03. The number of aliphatic hydroxyl groups excluding tert-OH is 1. The highest BCUT2D eigenvalue weighted by Crippen LogP contribution is 2.31. The number of methoxy groups -OCH3 is 1. The molecule has 0 aliphatic carbocycles. The smallest absolute Gasteiger partial charge is 0.125 e. The Morgan fingerprint density at radius 1 is 1.16 bits per heavy atom. The van der Waals surface area contributed by atoms with Gasteiger partial charge in [-0.2, -0.15) is 0 Å². The van der Waals surface area contributed by atoms with Gasteiger partial charge in [0.2, 0.25) is 0 Å². The topological polar surface area (TPSA) is 29.5 Å². The first kappa shape index (κ1) is 13.6. The summed E-state index contributed by atoms with van der Waals surface area (Å²) in [7, 11) is 1.63. The largest absolute Gasteiger partial charge is 0.496 e. The zero-order valence-corrected chi connectivity index (χ0v) is 11.7. The summed E-state index contributed by atoms with van der Waals surface area (Å²) in [6.45, 7) is 4.12. The van der Waals surface area contributed by atoms with Crippen LogP contribution in [0.5, 0.6) is 5.75 Å². The summed E-state index contributed by atoms with van der Waals surface area (Å²) in [6.07, 6.45) is 0.312. The van der Waals surface area contributed by atoms with Crippen LogP contribution in [0.4, 0.5) is 0 Å². The van der Waals surface area contributed by atoms with E-state index in [9.17, 15) is 5.11 Å². The molecule has 0 fully saturated rings. The van der Waals surface area contributed by atoms with Crippen molar-refractivity contribution in [3.63, 3.8) is 0 Å². The Morgan fingerprint density at radius 3 is 2.63 bits per heavy atom. The molecular formula is C17H20O2. The van der Waals surface area contributed by atoms with Crippen LogP contribution in [-0.4, -0.2) is 12.2 Å². The van der Waals surface area contributed by atoms with Crippen molar-refractivity contribution in [2.45, 2.75) is 26.4 Å². The maximum Gasteiger partial charge on any atom is 0.125 e. The van der Waals surface area contributed by atoms with Crippen molar-refractivity contribution in [2.75, 3.05) is 7.11 Å². The lowest BCUT2D eigenvalue weighted by molar-refractivity contribution is 0.214. The summed E-state index contributed by atoms with van der Waals surface area (Å²) < 4.78 is 5.34. The Bertz CT molecular complexity index is 561. The van der Waals surface area contributed by atoms with Gasteiger partial charge in [0.25, 0.3) is 0 Å². The Balaban J connectivity index is 2.42. The third-order valence-electron chi connectivity index (χ3n) is 3.35. The summed E-state index contributed by atoms with van der Waals surface area (Å²) in [5, 5.41) is 10.6. The van der Waals surface area contributed by atoms with E-state index in [0.29, 0.717) is 0 Å². The Morgan fingerprint density at radius 2 is 1.95 bits per heavy atom. The minimum atomic E-state index is -0.652. The highest BCUT2D eigenvalue weighted by molar-refractivity contribution is 5.43. The zero-order chi connectivity index (χ0) is 13.8. The van der Waals surface area contributed by atoms with Gasteiger partial charge in [0, 0.05) is 5.56 Å². The average molecular weight is 256 g/mol. The minimum absolute atomic E-state index is 0.652. The third kappa shape index (κ3) is 2.96. The van der Waals surface area contributed by atoms with E-state index in [1.165, 1.54) is 5.56 Å². The molecule has 0 amide bonds. The molecule has 0 aromatic heterocycles. The van der Waals surface area contributed by atoms with Gasteiger partial charge in [0.05, 0.1) is 7.11 Å². The number of hydrogen-bond acceptors (Lipinski definition) is 2. The number of aryl methyl sites for hydroxylation is 2. The molecule has 2 nitrogen and oxygen atoms in total. The molecule has 0 bridgehead atoms. The van der Waals surface area contributed by atoms with Gasteiger partial charge < -0.3 is 9.84 Å². The Kier molecular flexibility index (Phi) is 4.23. The Labute approximate surface area is 114 Å². The molecular weight excluding hydrogens is 236 g/mol. The molecule has 0 aliphatic rings. The second kappa shape index (κ2) is 5.89. The second-order valence-corrected chi connectivity index (χ2v) is 4.75. The lowest BCUT2D eigenvalue weighted by Gasteiger charge is -2.16. The molecule has 2 heteroatoms. The van der Waals surface area contributed by atoms with E-state index in [4.69, 9.17) is 4.74 Å². The van der Waals surface area contributed by atoms with Crippen LogP contribution >= 0.6 is 0 Å². The molecule has 19 heavy (non-hydrogen) atoms. The summed E-state index contributed by atoms with van der Waals surface area (Å²) in [5.41, 5.74) is 4.06. The van der Waals surface area contributed by atoms with Gasteiger partial charge in [-0.3, -0.25) is 0 Å². The maximum atomic E-state index is 10.6. The molecule has 1 unspecified atom stereocenters. The van der Waals surface area contributed by atoms with Crippen LogP contribution in [0.2, 0.25) is 0 Å². The molecule has 0 heterocycles. The van der Waals surface area contributed by atoms with Crippen LogP contribution in [0.15, 0.2) is 42.5 Å². The minimum Gasteiger partial charge on any atom is -0.496 e. The second-order valence-electron chi connectivity index (χ2n) is 4.75. The maximum absolute atomic E-state index is 10.6. The molecule has 100 valence electrons. The van der Waals surface area contributed by atoms with E-state index in [-0.39, 0.29) is 0 Å². The fraction of sp³-hybridized carbons (Fsp3) is 0.294. The highest BCUT2D eigenvalue weighted by Gasteiger charge is 2.15. The zero-order valence-electron chi connectivity index (χ0n) is 11.7. The van der Waals surface area contributed by atoms with E-state index in [1.807, 2.05) is 43.3 Å². The number of rotatable bonds is 4. The number of aliphatic hydroxyl groups is 1. The fourth-order valence-corrected chi connectivity index (χ4v) is 2.23. The number of hydrogen-bond donors (Lipinski definition) is 1. The van der Waals surface area contributed by atoms with Crippen molar-refractivity contribution < 1.29 is 9.84 Å². The van der Waals surface area contributed by atoms with Gasteiger partial charge in [-0.15, -0.1) is 0 Å². The first-order chi connectivity index (χ1) is 9.15. The van der Waals surface area contributed by atoms with Crippen LogP contribution in [0, 0.1) is 6.92 Å². The number of ether oxygens (including phenoxy) is 1. The van der Waals surface area contributed by atoms with Gasteiger partial charge >= 0.3 is 0 Å². The van der Waals surface area contributed by atoms with E-state index >= 15 is 0 Å². The lowest BCUT2D eigenvalue weighted by atomic mass is 9.97. The summed E-state index contributed by atoms with van der Waals surface area (Å²) >= 11 is 0. The van der Waals surface area contributed by atoms with Crippen molar-refractivity contribution in [3.8, 4) is 5.75 Å². The molecule has 0 spiro atoms. The predicted octanol–water partition coefficient (Wildman–Crippen LogP) is 3.65. The van der Waals surface area contributed by atoms with Gasteiger partial charge in [0.15, 0.2) is 0 Å². The van der Waals surface area contributed by atoms with Crippen molar-refractivity contribution in [2.24, 2.45) is 0 Å². The normalized spacial score (nSPS) is 12.2. The SMILES string of the molecule is CCc1cccc(C(O)c2cc(C)ccc2OC)c1. The molecule has 2 aromatic carbocycles. The van der Waals surface area contributed by atoms with Gasteiger partial charge in [-0.1, -0.05) is 42.8 Å². The molecule has 2 rings (SSSR count). The standard InChI is InChI=1S/C17H20O2/c1-4-13-6-5-7-14(11-13)17(18)15-10-12(2)8-9-16(15)19-3/h5-11,17-18H,4H2,1-3H3. The van der Waals surface area contributed by atoms with Crippen molar-refractivity contribution in [1.82, 2.24) is 0 Å². The molecule has 0 saturated carbocycles. The first-order valence-electron chi connectivity index (χ1n) is 6.57. The number of benzene rings is 2. The molecule has 0 saturated heterocycles. The fourth-order valence-electron chi connectivity index (χ4n) is 2.23. The quantitative estimate of drug-likeness (QED) is 0.904. The molecule has 1 atom stereocenters. The average Bonchev–Trinajstić information content (AvgIpc) is 2.46. The van der Waals surface area contributed by atoms with Gasteiger partial charge in [0.1, 0.15) is 11.9 Å². The third-order valence-corrected chi connectivity index (χ3v) is 3.35. The van der Waals surface area contributed by atoms with Gasteiger partial charge in [-0.05, 0) is 36.6 Å².